The lowest BCUT2D eigenvalue weighted by Gasteiger charge is -2.31. The number of rotatable bonds is 14. The van der Waals surface area contributed by atoms with Crippen molar-refractivity contribution in [1.29, 1.82) is 0 Å². The molecular formula is C20H28N2O9. The van der Waals surface area contributed by atoms with Crippen molar-refractivity contribution >= 4 is 23.6 Å². The van der Waals surface area contributed by atoms with Crippen molar-refractivity contribution in [2.24, 2.45) is 5.41 Å². The monoisotopic (exact) mass is 440 g/mol. The van der Waals surface area contributed by atoms with Crippen molar-refractivity contribution in [3.8, 4) is 0 Å². The lowest BCUT2D eigenvalue weighted by molar-refractivity contribution is -0.140. The van der Waals surface area contributed by atoms with Crippen LogP contribution in [0.2, 0.25) is 0 Å². The van der Waals surface area contributed by atoms with Crippen molar-refractivity contribution in [1.82, 2.24) is 9.80 Å². The largest absolute Gasteiger partial charge is 0.396 e. The molecule has 2 aliphatic rings. The van der Waals surface area contributed by atoms with Crippen LogP contribution in [-0.4, -0.2) is 107 Å². The lowest BCUT2D eigenvalue weighted by Crippen LogP contribution is -2.42. The summed E-state index contributed by atoms with van der Waals surface area (Å²) in [4.78, 5) is 47.9. The number of β-amino-alcohol motifs (C(OH)–C–C–N with tert-alkyl or cyclic N) is 2. The van der Waals surface area contributed by atoms with Gasteiger partial charge in [-0.25, -0.2) is 0 Å². The third-order valence-corrected chi connectivity index (χ3v) is 5.11. The second kappa shape index (κ2) is 11.3. The van der Waals surface area contributed by atoms with Gasteiger partial charge in [0.05, 0.1) is 58.3 Å². The van der Waals surface area contributed by atoms with E-state index in [0.717, 1.165) is 34.1 Å². The molecule has 0 aromatic carbocycles. The Morgan fingerprint density at radius 3 is 1.45 bits per heavy atom. The van der Waals surface area contributed by atoms with Gasteiger partial charge in [0.25, 0.3) is 23.6 Å². The summed E-state index contributed by atoms with van der Waals surface area (Å²) in [6.45, 7) is 0.872. The molecule has 2 aliphatic heterocycles. The molecule has 172 valence electrons. The number of hydrogen-bond acceptors (Lipinski definition) is 9. The number of aliphatic hydroxyl groups excluding tert-OH is 3. The Morgan fingerprint density at radius 1 is 0.806 bits per heavy atom. The van der Waals surface area contributed by atoms with Crippen molar-refractivity contribution < 1.29 is 44.0 Å². The second-order valence-electron chi connectivity index (χ2n) is 7.59. The Hall–Kier alpha value is -2.44. The molecule has 3 N–H and O–H groups in total. The molecule has 2 rings (SSSR count). The molecule has 0 fully saturated rings. The average molecular weight is 440 g/mol. The summed E-state index contributed by atoms with van der Waals surface area (Å²) in [5, 5.41) is 29.9. The Morgan fingerprint density at radius 2 is 1.16 bits per heavy atom. The fraction of sp³-hybridized carbons (Fsp3) is 0.600. The highest BCUT2D eigenvalue weighted by Gasteiger charge is 2.31. The molecule has 0 spiro atoms. The topological polar surface area (TPSA) is 154 Å². The van der Waals surface area contributed by atoms with Crippen LogP contribution in [0, 0.1) is 5.41 Å². The highest BCUT2D eigenvalue weighted by atomic mass is 16.5. The molecule has 2 heterocycles. The fourth-order valence-electron chi connectivity index (χ4n) is 3.02. The highest BCUT2D eigenvalue weighted by Crippen LogP contribution is 2.23. The van der Waals surface area contributed by atoms with Gasteiger partial charge in [-0.15, -0.1) is 0 Å². The van der Waals surface area contributed by atoms with E-state index in [9.17, 15) is 34.5 Å². The fourth-order valence-corrected chi connectivity index (χ4v) is 3.02. The van der Waals surface area contributed by atoms with Crippen LogP contribution in [0.1, 0.15) is 13.3 Å². The van der Waals surface area contributed by atoms with Crippen molar-refractivity contribution in [2.75, 3.05) is 46.1 Å². The van der Waals surface area contributed by atoms with Crippen LogP contribution in [0.4, 0.5) is 0 Å². The first kappa shape index (κ1) is 24.8. The number of ether oxygens (including phenoxy) is 2. The highest BCUT2D eigenvalue weighted by molar-refractivity contribution is 6.13. The molecule has 0 aromatic rings. The predicted molar refractivity (Wildman–Crippen MR) is 105 cm³/mol. The molecule has 4 amide bonds. The zero-order valence-electron chi connectivity index (χ0n) is 17.3. The van der Waals surface area contributed by atoms with Gasteiger partial charge in [0.2, 0.25) is 0 Å². The minimum absolute atomic E-state index is 0.0281. The molecule has 0 saturated carbocycles. The molecule has 0 aliphatic carbocycles. The molecule has 11 heteroatoms. The number of nitrogens with zero attached hydrogens (tertiary/aromatic N) is 2. The standard InChI is InChI=1S/C20H28N2O9/c1-2-20(11-23,12-30-9-14(24)7-21-16(26)3-4-17(21)27)13-31-10-15(25)8-22-18(28)5-6-19(22)29/h3-6,14-15,23-25H,2,7-13H2,1H3. The summed E-state index contributed by atoms with van der Waals surface area (Å²) >= 11 is 0. The van der Waals surface area contributed by atoms with Gasteiger partial charge in [-0.2, -0.15) is 0 Å². The van der Waals surface area contributed by atoms with E-state index in [0.29, 0.717) is 6.42 Å². The molecule has 0 aromatic heterocycles. The zero-order chi connectivity index (χ0) is 23.0. The van der Waals surface area contributed by atoms with Gasteiger partial charge in [0.1, 0.15) is 0 Å². The third-order valence-electron chi connectivity index (χ3n) is 5.11. The second-order valence-corrected chi connectivity index (χ2v) is 7.59. The summed E-state index contributed by atoms with van der Waals surface area (Å²) in [5.74, 6) is -1.99. The first-order valence-electron chi connectivity index (χ1n) is 9.91. The van der Waals surface area contributed by atoms with Gasteiger partial charge in [-0.1, -0.05) is 6.92 Å². The minimum atomic E-state index is -1.09. The molecule has 31 heavy (non-hydrogen) atoms. The number of carbonyl (C=O) groups is 4. The molecule has 2 unspecified atom stereocenters. The van der Waals surface area contributed by atoms with E-state index in [2.05, 4.69) is 0 Å². The quantitative estimate of drug-likeness (QED) is 0.260. The number of amides is 4. The molecular weight excluding hydrogens is 412 g/mol. The van der Waals surface area contributed by atoms with Crippen LogP contribution in [0.15, 0.2) is 24.3 Å². The Bertz CT molecular complexity index is 651. The van der Waals surface area contributed by atoms with Crippen molar-refractivity contribution in [3.05, 3.63) is 24.3 Å². The Balaban J connectivity index is 1.73. The van der Waals surface area contributed by atoms with Crippen LogP contribution < -0.4 is 0 Å². The first-order valence-corrected chi connectivity index (χ1v) is 9.91. The number of imide groups is 2. The van der Waals surface area contributed by atoms with E-state index in [1.54, 1.807) is 0 Å². The van der Waals surface area contributed by atoms with Gasteiger partial charge in [0, 0.05) is 29.7 Å². The van der Waals surface area contributed by atoms with Crippen molar-refractivity contribution in [3.63, 3.8) is 0 Å². The summed E-state index contributed by atoms with van der Waals surface area (Å²) < 4.78 is 11.0. The average Bonchev–Trinajstić information content (AvgIpc) is 3.23. The number of carbonyl (C=O) groups excluding carboxylic acids is 4. The van der Waals surface area contributed by atoms with Crippen LogP contribution in [-0.2, 0) is 28.7 Å². The zero-order valence-corrected chi connectivity index (χ0v) is 17.3. The maximum Gasteiger partial charge on any atom is 0.253 e. The van der Waals surface area contributed by atoms with Gasteiger partial charge < -0.3 is 24.8 Å². The molecule has 0 saturated heterocycles. The minimum Gasteiger partial charge on any atom is -0.396 e. The molecule has 0 radical (unpaired) electrons. The van der Waals surface area contributed by atoms with E-state index >= 15 is 0 Å². The molecule has 2 atom stereocenters. The van der Waals surface area contributed by atoms with Crippen LogP contribution >= 0.6 is 0 Å². The van der Waals surface area contributed by atoms with Crippen LogP contribution in [0.3, 0.4) is 0 Å². The van der Waals surface area contributed by atoms with Gasteiger partial charge in [-0.05, 0) is 6.42 Å². The maximum absolute atomic E-state index is 11.5. The van der Waals surface area contributed by atoms with E-state index in [1.165, 1.54) is 0 Å². The van der Waals surface area contributed by atoms with Gasteiger partial charge >= 0.3 is 0 Å². The SMILES string of the molecule is CCC(CO)(COCC(O)CN1C(=O)C=CC1=O)COCC(O)CN1C(=O)C=CC1=O. The normalized spacial score (nSPS) is 20.1. The summed E-state index contributed by atoms with van der Waals surface area (Å²) in [7, 11) is 0. The van der Waals surface area contributed by atoms with Crippen LogP contribution in [0.5, 0.6) is 0 Å². The predicted octanol–water partition coefficient (Wildman–Crippen LogP) is -2.02. The van der Waals surface area contributed by atoms with E-state index in [-0.39, 0.29) is 46.1 Å². The Kier molecular flexibility index (Phi) is 9.01. The van der Waals surface area contributed by atoms with Gasteiger partial charge in [0.15, 0.2) is 0 Å². The summed E-state index contributed by atoms with van der Waals surface area (Å²) in [6.07, 6.45) is 2.79. The van der Waals surface area contributed by atoms with E-state index in [4.69, 9.17) is 9.47 Å². The van der Waals surface area contributed by atoms with Gasteiger partial charge in [-0.3, -0.25) is 29.0 Å². The summed E-state index contributed by atoms with van der Waals surface area (Å²) in [5.41, 5.74) is -0.804. The molecule has 11 nitrogen and oxygen atoms in total. The maximum atomic E-state index is 11.5. The third kappa shape index (κ3) is 6.77. The van der Waals surface area contributed by atoms with Crippen LogP contribution in [0.25, 0.3) is 0 Å². The van der Waals surface area contributed by atoms with E-state index in [1.807, 2.05) is 6.92 Å². The lowest BCUT2D eigenvalue weighted by atomic mass is 9.88. The molecule has 0 bridgehead atoms. The number of hydrogen-bond donors (Lipinski definition) is 3. The smallest absolute Gasteiger partial charge is 0.253 e. The van der Waals surface area contributed by atoms with E-state index < -0.39 is 41.3 Å². The summed E-state index contributed by atoms with van der Waals surface area (Å²) in [6, 6.07) is 0. The first-order chi connectivity index (χ1) is 14.7. The Labute approximate surface area is 179 Å². The number of aliphatic hydroxyl groups is 3. The van der Waals surface area contributed by atoms with Crippen molar-refractivity contribution in [2.45, 2.75) is 25.6 Å².